The van der Waals surface area contributed by atoms with Gasteiger partial charge in [0.25, 0.3) is 5.71 Å². The molecular weight excluding hydrogens is 170 g/mol. The fourth-order valence-corrected chi connectivity index (χ4v) is 1.16. The van der Waals surface area contributed by atoms with Gasteiger partial charge in [0.15, 0.2) is 16.6 Å². The van der Waals surface area contributed by atoms with E-state index in [1.165, 1.54) is 6.33 Å². The Morgan fingerprint density at radius 1 is 1.08 bits per heavy atom. The van der Waals surface area contributed by atoms with E-state index in [9.17, 15) is 0 Å². The van der Waals surface area contributed by atoms with E-state index in [1.807, 2.05) is 0 Å². The van der Waals surface area contributed by atoms with E-state index in [1.54, 1.807) is 12.3 Å². The minimum atomic E-state index is 0.436. The highest BCUT2D eigenvalue weighted by Gasteiger charge is 2.09. The summed E-state index contributed by atoms with van der Waals surface area (Å²) in [5.41, 5.74) is 2.20. The van der Waals surface area contributed by atoms with Crippen LogP contribution < -0.4 is 0 Å². The quantitative estimate of drug-likeness (QED) is 0.494. The minimum absolute atomic E-state index is 0.436. The van der Waals surface area contributed by atoms with Crippen molar-refractivity contribution in [3.8, 4) is 0 Å². The number of hydrogen-bond acceptors (Lipinski definition) is 6. The van der Waals surface area contributed by atoms with Gasteiger partial charge in [-0.1, -0.05) is 0 Å². The molecule has 3 aromatic heterocycles. The summed E-state index contributed by atoms with van der Waals surface area (Å²) in [4.78, 5) is 3.91. The molecule has 3 rings (SSSR count). The second kappa shape index (κ2) is 2.19. The van der Waals surface area contributed by atoms with Crippen LogP contribution in [-0.4, -0.2) is 25.4 Å². The van der Waals surface area contributed by atoms with Crippen LogP contribution in [0.5, 0.6) is 0 Å². The predicted octanol–water partition coefficient (Wildman–Crippen LogP) is 0.561. The van der Waals surface area contributed by atoms with E-state index in [-0.39, 0.29) is 0 Å². The molecule has 0 bridgehead atoms. The van der Waals surface area contributed by atoms with Crippen molar-refractivity contribution in [2.24, 2.45) is 0 Å². The predicted molar refractivity (Wildman–Crippen MR) is 42.7 cm³/mol. The minimum Gasteiger partial charge on any atom is -0.434 e. The van der Waals surface area contributed by atoms with Crippen molar-refractivity contribution in [2.75, 3.05) is 0 Å². The van der Waals surface area contributed by atoms with Crippen molar-refractivity contribution in [1.29, 1.82) is 0 Å². The fraction of sp³-hybridized carbons (Fsp3) is 0. The van der Waals surface area contributed by atoms with Gasteiger partial charge >= 0.3 is 0 Å². The Kier molecular flexibility index (Phi) is 1.08. The maximum Gasteiger partial charge on any atom is 0.251 e. The lowest BCUT2D eigenvalue weighted by molar-refractivity contribution is 0.648. The van der Waals surface area contributed by atoms with E-state index in [0.29, 0.717) is 22.3 Å². The van der Waals surface area contributed by atoms with E-state index in [4.69, 9.17) is 4.42 Å². The van der Waals surface area contributed by atoms with Gasteiger partial charge in [0, 0.05) is 6.07 Å². The topological polar surface area (TPSA) is 77.6 Å². The molecule has 3 heterocycles. The van der Waals surface area contributed by atoms with Crippen molar-refractivity contribution in [3.05, 3.63) is 18.6 Å². The standard InChI is InChI=1S/C7H3N5O/c1-2-9-11-5-4(1)13-7-6(5)12-10-3-8-7/h1-3H. The number of aromatic nitrogens is 5. The maximum atomic E-state index is 5.34. The Morgan fingerprint density at radius 2 is 2.00 bits per heavy atom. The lowest BCUT2D eigenvalue weighted by Crippen LogP contribution is -1.84. The summed E-state index contributed by atoms with van der Waals surface area (Å²) in [6.45, 7) is 0. The molecule has 6 nitrogen and oxygen atoms in total. The van der Waals surface area contributed by atoms with Gasteiger partial charge in [-0.15, -0.1) is 15.3 Å². The van der Waals surface area contributed by atoms with Crippen molar-refractivity contribution in [3.63, 3.8) is 0 Å². The van der Waals surface area contributed by atoms with Gasteiger partial charge in [-0.05, 0) is 0 Å². The first kappa shape index (κ1) is 6.41. The van der Waals surface area contributed by atoms with Crippen molar-refractivity contribution >= 4 is 22.3 Å². The first-order valence-corrected chi connectivity index (χ1v) is 3.63. The molecule has 0 atom stereocenters. The van der Waals surface area contributed by atoms with Gasteiger partial charge < -0.3 is 4.42 Å². The highest BCUT2D eigenvalue weighted by molar-refractivity contribution is 5.96. The average molecular weight is 173 g/mol. The molecule has 0 aliphatic heterocycles. The summed E-state index contributed by atoms with van der Waals surface area (Å²) >= 11 is 0. The Labute approximate surface area is 71.6 Å². The third-order valence-electron chi connectivity index (χ3n) is 1.70. The van der Waals surface area contributed by atoms with E-state index < -0.39 is 0 Å². The lowest BCUT2D eigenvalue weighted by Gasteiger charge is -1.81. The number of nitrogens with zero attached hydrogens (tertiary/aromatic N) is 5. The molecule has 0 aromatic carbocycles. The zero-order valence-corrected chi connectivity index (χ0v) is 6.38. The Hall–Kier alpha value is -2.11. The molecule has 0 aliphatic carbocycles. The monoisotopic (exact) mass is 173 g/mol. The summed E-state index contributed by atoms with van der Waals surface area (Å²) < 4.78 is 5.34. The molecule has 0 aliphatic rings. The van der Waals surface area contributed by atoms with Crippen LogP contribution in [0.15, 0.2) is 23.0 Å². The molecule has 0 amide bonds. The second-order valence-electron chi connectivity index (χ2n) is 2.46. The molecular formula is C7H3N5O. The molecule has 0 saturated heterocycles. The summed E-state index contributed by atoms with van der Waals surface area (Å²) in [6.07, 6.45) is 2.89. The SMILES string of the molecule is c1cc2oc3ncnnc3c2nn1. The Bertz CT molecular complexity index is 525. The van der Waals surface area contributed by atoms with Gasteiger partial charge in [-0.3, -0.25) is 0 Å². The molecule has 13 heavy (non-hydrogen) atoms. The van der Waals surface area contributed by atoms with E-state index >= 15 is 0 Å². The molecule has 6 heteroatoms. The molecule has 0 unspecified atom stereocenters. The lowest BCUT2D eigenvalue weighted by atomic mass is 10.4. The van der Waals surface area contributed by atoms with Crippen LogP contribution in [-0.2, 0) is 0 Å². The number of fused-ring (bicyclic) bond motifs is 3. The first-order chi connectivity index (χ1) is 6.45. The normalized spacial score (nSPS) is 11.1. The maximum absolute atomic E-state index is 5.34. The van der Waals surface area contributed by atoms with Crippen LogP contribution in [0.4, 0.5) is 0 Å². The number of furan rings is 1. The molecule has 0 radical (unpaired) electrons. The van der Waals surface area contributed by atoms with Crippen LogP contribution in [0.25, 0.3) is 22.3 Å². The van der Waals surface area contributed by atoms with Gasteiger partial charge in [-0.2, -0.15) is 10.1 Å². The fourth-order valence-electron chi connectivity index (χ4n) is 1.16. The smallest absolute Gasteiger partial charge is 0.251 e. The highest BCUT2D eigenvalue weighted by atomic mass is 16.3. The number of rotatable bonds is 0. The number of hydrogen-bond donors (Lipinski definition) is 0. The summed E-state index contributed by atoms with van der Waals surface area (Å²) in [7, 11) is 0. The third-order valence-corrected chi connectivity index (χ3v) is 1.70. The zero-order valence-electron chi connectivity index (χ0n) is 6.38. The highest BCUT2D eigenvalue weighted by Crippen LogP contribution is 2.20. The average Bonchev–Trinajstić information content (AvgIpc) is 2.56. The summed E-state index contributed by atoms with van der Waals surface area (Å²) in [5, 5.41) is 15.1. The summed E-state index contributed by atoms with van der Waals surface area (Å²) in [5.74, 6) is 0. The van der Waals surface area contributed by atoms with Gasteiger partial charge in [0.2, 0.25) is 0 Å². The molecule has 62 valence electrons. The van der Waals surface area contributed by atoms with Gasteiger partial charge in [0.05, 0.1) is 6.20 Å². The largest absolute Gasteiger partial charge is 0.434 e. The van der Waals surface area contributed by atoms with Crippen LogP contribution in [0, 0.1) is 0 Å². The Morgan fingerprint density at radius 3 is 3.00 bits per heavy atom. The van der Waals surface area contributed by atoms with Crippen LogP contribution in [0.1, 0.15) is 0 Å². The second-order valence-corrected chi connectivity index (χ2v) is 2.46. The van der Waals surface area contributed by atoms with Crippen LogP contribution in [0.3, 0.4) is 0 Å². The van der Waals surface area contributed by atoms with Crippen LogP contribution >= 0.6 is 0 Å². The van der Waals surface area contributed by atoms with Crippen molar-refractivity contribution in [1.82, 2.24) is 25.4 Å². The van der Waals surface area contributed by atoms with Crippen molar-refractivity contribution in [2.45, 2.75) is 0 Å². The molecule has 0 saturated carbocycles. The van der Waals surface area contributed by atoms with Gasteiger partial charge in [-0.25, -0.2) is 0 Å². The zero-order chi connectivity index (χ0) is 8.67. The molecule has 0 N–H and O–H groups in total. The van der Waals surface area contributed by atoms with Crippen molar-refractivity contribution < 1.29 is 4.42 Å². The Balaban J connectivity index is 2.64. The van der Waals surface area contributed by atoms with E-state index in [2.05, 4.69) is 25.4 Å². The molecule has 0 fully saturated rings. The van der Waals surface area contributed by atoms with Gasteiger partial charge in [0.1, 0.15) is 6.33 Å². The molecule has 0 spiro atoms. The summed E-state index contributed by atoms with van der Waals surface area (Å²) in [6, 6.07) is 1.71. The molecule has 3 aromatic rings. The van der Waals surface area contributed by atoms with E-state index in [0.717, 1.165) is 0 Å². The van der Waals surface area contributed by atoms with Crippen LogP contribution in [0.2, 0.25) is 0 Å². The third kappa shape index (κ3) is 0.792. The first-order valence-electron chi connectivity index (χ1n) is 3.63.